The third-order valence-corrected chi connectivity index (χ3v) is 3.94. The van der Waals surface area contributed by atoms with Crippen molar-refractivity contribution in [2.75, 3.05) is 20.2 Å². The smallest absolute Gasteiger partial charge is 0.239 e. The van der Waals surface area contributed by atoms with Crippen LogP contribution in [0.1, 0.15) is 0 Å². The Kier molecular flexibility index (Phi) is 3.35. The van der Waals surface area contributed by atoms with Gasteiger partial charge in [0.2, 0.25) is 12.1 Å². The average Bonchev–Trinajstić information content (AvgIpc) is 2.73. The third-order valence-electron chi connectivity index (χ3n) is 2.97. The normalized spacial score (nSPS) is 24.9. The molecule has 0 bridgehead atoms. The van der Waals surface area contributed by atoms with Gasteiger partial charge in [-0.25, -0.2) is 5.21 Å². The summed E-state index contributed by atoms with van der Waals surface area (Å²) in [6.45, 7) is 0.554. The van der Waals surface area contributed by atoms with Crippen LogP contribution in [0.25, 0.3) is 0 Å². The van der Waals surface area contributed by atoms with Gasteiger partial charge in [0, 0.05) is 6.08 Å². The van der Waals surface area contributed by atoms with E-state index in [0.717, 1.165) is 23.6 Å². The van der Waals surface area contributed by atoms with Crippen LogP contribution in [-0.4, -0.2) is 33.9 Å². The van der Waals surface area contributed by atoms with Crippen molar-refractivity contribution in [1.82, 2.24) is 4.31 Å². The Hall–Kier alpha value is -1.67. The first kappa shape index (κ1) is 13.3. The molecule has 3 rings (SSSR count). The number of rotatable bonds is 3. The maximum atomic E-state index is 11.5. The van der Waals surface area contributed by atoms with Crippen LogP contribution in [0.5, 0.6) is 11.5 Å². The van der Waals surface area contributed by atoms with E-state index in [-0.39, 0.29) is 6.54 Å². The molecule has 0 radical (unpaired) electrons. The lowest BCUT2D eigenvalue weighted by atomic mass is 10.2. The van der Waals surface area contributed by atoms with E-state index in [1.54, 1.807) is 17.5 Å². The molecule has 0 amide bonds. The zero-order chi connectivity index (χ0) is 14.2. The Morgan fingerprint density at radius 2 is 2.00 bits per heavy atom. The van der Waals surface area contributed by atoms with E-state index in [0.29, 0.717) is 18.1 Å². The van der Waals surface area contributed by atoms with E-state index in [1.807, 2.05) is 30.3 Å². The molecule has 7 heteroatoms. The second-order valence-electron chi connectivity index (χ2n) is 4.46. The van der Waals surface area contributed by atoms with E-state index in [1.165, 1.54) is 0 Å². The largest absolute Gasteiger partial charge is 0.585 e. The predicted molar refractivity (Wildman–Crippen MR) is 74.4 cm³/mol. The van der Waals surface area contributed by atoms with E-state index in [4.69, 9.17) is 9.47 Å². The van der Waals surface area contributed by atoms with E-state index < -0.39 is 4.21 Å². The fourth-order valence-electron chi connectivity index (χ4n) is 2.03. The lowest BCUT2D eigenvalue weighted by molar-refractivity contribution is -0.943. The van der Waals surface area contributed by atoms with Gasteiger partial charge in [-0.05, 0) is 30.3 Å². The molecule has 106 valence electrons. The van der Waals surface area contributed by atoms with E-state index >= 15 is 0 Å². The van der Waals surface area contributed by atoms with Gasteiger partial charge < -0.3 is 14.7 Å². The number of allylic oxidation sites excluding steroid dienone is 1. The van der Waals surface area contributed by atoms with Crippen LogP contribution in [0, 0.1) is 5.21 Å². The maximum absolute atomic E-state index is 11.5. The molecule has 1 N–H and O–H groups in total. The molecule has 0 spiro atoms. The van der Waals surface area contributed by atoms with Crippen LogP contribution in [0.3, 0.4) is 0 Å². The van der Waals surface area contributed by atoms with Gasteiger partial charge in [0.1, 0.15) is 17.3 Å². The Labute approximate surface area is 120 Å². The Balaban J connectivity index is 1.71. The van der Waals surface area contributed by atoms with Gasteiger partial charge in [0.25, 0.3) is 0 Å². The van der Waals surface area contributed by atoms with Gasteiger partial charge in [-0.2, -0.15) is 0 Å². The summed E-state index contributed by atoms with van der Waals surface area (Å²) in [6.07, 6.45) is 3.64. The number of benzene rings is 1. The van der Waals surface area contributed by atoms with Crippen molar-refractivity contribution in [3.05, 3.63) is 53.1 Å². The number of fused-ring (bicyclic) bond motifs is 1. The molecule has 1 saturated heterocycles. The minimum absolute atomic E-state index is 0.0218. The van der Waals surface area contributed by atoms with E-state index in [2.05, 4.69) is 0 Å². The minimum Gasteiger partial charge on any atom is -0.585 e. The molecular weight excluding hydrogens is 280 g/mol. The van der Waals surface area contributed by atoms with E-state index in [9.17, 15) is 10.4 Å². The zero-order valence-corrected chi connectivity index (χ0v) is 11.7. The molecule has 20 heavy (non-hydrogen) atoms. The topological polar surface area (TPSA) is 65.0 Å². The molecular formula is C13H14N2O4S. The highest BCUT2D eigenvalue weighted by molar-refractivity contribution is 7.91. The van der Waals surface area contributed by atoms with Crippen LogP contribution in [0.15, 0.2) is 47.9 Å². The Morgan fingerprint density at radius 1 is 1.30 bits per heavy atom. The van der Waals surface area contributed by atoms with Gasteiger partial charge in [-0.3, -0.25) is 4.31 Å². The first-order chi connectivity index (χ1) is 9.55. The molecule has 2 heterocycles. The lowest BCUT2D eigenvalue weighted by Gasteiger charge is -2.23. The number of hydroxylamine groups is 2. The Bertz CT molecular complexity index is 568. The molecule has 0 aliphatic carbocycles. The van der Waals surface area contributed by atoms with Crippen molar-refractivity contribution in [2.45, 2.75) is 0 Å². The highest BCUT2D eigenvalue weighted by Gasteiger charge is 2.37. The quantitative estimate of drug-likeness (QED) is 0.525. The first-order valence-electron chi connectivity index (χ1n) is 6.07. The van der Waals surface area contributed by atoms with Crippen molar-refractivity contribution in [3.63, 3.8) is 0 Å². The van der Waals surface area contributed by atoms with Crippen LogP contribution in [0.2, 0.25) is 0 Å². The highest BCUT2D eigenvalue weighted by atomic mass is 32.2. The number of ether oxygens (including phenoxy) is 2. The summed E-state index contributed by atoms with van der Waals surface area (Å²) in [4.78, 5) is 0. The van der Waals surface area contributed by atoms with Crippen molar-refractivity contribution in [3.8, 4) is 11.5 Å². The number of methoxy groups -OCH3 is 1. The molecule has 1 fully saturated rings. The molecule has 1 unspecified atom stereocenters. The fraction of sp³-hybridized carbons (Fsp3) is 0.231. The fourth-order valence-corrected chi connectivity index (χ4v) is 2.89. The van der Waals surface area contributed by atoms with Crippen molar-refractivity contribution in [2.24, 2.45) is 0 Å². The minimum atomic E-state index is -1.32. The van der Waals surface area contributed by atoms with Gasteiger partial charge in [-0.1, -0.05) is 0 Å². The average molecular weight is 294 g/mol. The zero-order valence-electron chi connectivity index (χ0n) is 10.9. The lowest BCUT2D eigenvalue weighted by Crippen LogP contribution is -2.26. The van der Waals surface area contributed by atoms with Crippen molar-refractivity contribution >= 4 is 12.1 Å². The van der Waals surface area contributed by atoms with Gasteiger partial charge in [0.05, 0.1) is 19.4 Å². The predicted octanol–water partition coefficient (Wildman–Crippen LogP) is 2.44. The monoisotopic (exact) mass is 294 g/mol. The molecule has 6 nitrogen and oxygen atoms in total. The summed E-state index contributed by atoms with van der Waals surface area (Å²) in [6, 6.07) is 7.26. The molecule has 2 aliphatic heterocycles. The van der Waals surface area contributed by atoms with Crippen molar-refractivity contribution in [1.29, 1.82) is 0 Å². The van der Waals surface area contributed by atoms with Gasteiger partial charge in [0.15, 0.2) is 6.54 Å². The van der Waals surface area contributed by atoms with Gasteiger partial charge in [-0.15, -0.1) is 4.21 Å². The first-order valence-corrected chi connectivity index (χ1v) is 6.80. The SMILES string of the molecule is COc1ccc(OC2=CCN3S[N+]([O-])(O)CC3=C2)cc1. The summed E-state index contributed by atoms with van der Waals surface area (Å²) >= 11 is 0.851. The Morgan fingerprint density at radius 3 is 2.70 bits per heavy atom. The molecule has 0 saturated carbocycles. The van der Waals surface area contributed by atoms with Crippen LogP contribution in [-0.2, 0) is 0 Å². The van der Waals surface area contributed by atoms with Crippen LogP contribution in [0.4, 0.5) is 0 Å². The standard InChI is InChI=1S/C13H14N2O4S/c1-18-11-2-4-12(5-3-11)19-13-6-7-14-10(8-13)9-15(16,17)20-14/h2-6,8,16H,7,9H2,1H3. The summed E-state index contributed by atoms with van der Waals surface area (Å²) < 4.78 is 11.3. The number of hydrogen-bond donors (Lipinski definition) is 1. The molecule has 2 aliphatic rings. The molecule has 1 atom stereocenters. The van der Waals surface area contributed by atoms with Gasteiger partial charge >= 0.3 is 0 Å². The second-order valence-corrected chi connectivity index (χ2v) is 5.63. The third kappa shape index (κ3) is 2.75. The molecule has 1 aromatic rings. The summed E-state index contributed by atoms with van der Waals surface area (Å²) in [5.41, 5.74) is 0.763. The summed E-state index contributed by atoms with van der Waals surface area (Å²) in [7, 11) is 1.61. The number of quaternary nitrogens is 1. The second kappa shape index (κ2) is 5.02. The van der Waals surface area contributed by atoms with Crippen molar-refractivity contribution < 1.29 is 18.9 Å². The summed E-state index contributed by atoms with van der Waals surface area (Å²) in [5.74, 6) is 2.13. The maximum Gasteiger partial charge on any atom is 0.239 e. The summed E-state index contributed by atoms with van der Waals surface area (Å²) in [5, 5.41) is 20.9. The van der Waals surface area contributed by atoms with Crippen LogP contribution < -0.4 is 9.47 Å². The highest BCUT2D eigenvalue weighted by Crippen LogP contribution is 2.38. The number of hydrogen-bond acceptors (Lipinski definition) is 6. The number of nitrogens with zero attached hydrogens (tertiary/aromatic N) is 2. The van der Waals surface area contributed by atoms with Crippen LogP contribution >= 0.6 is 12.1 Å². The molecule has 0 aromatic heterocycles. The molecule has 1 aromatic carbocycles.